The molecule has 0 amide bonds. The minimum atomic E-state index is -0.711. The maximum atomic E-state index is 2.65. The van der Waals surface area contributed by atoms with Crippen LogP contribution in [0, 0.1) is 6.92 Å². The monoisotopic (exact) mass is 1040 g/mol. The Hall–Kier alpha value is -9.34. The molecule has 1 atom stereocenters. The first-order chi connectivity index (χ1) is 39.5. The van der Waals surface area contributed by atoms with Crippen LogP contribution in [0.3, 0.4) is 0 Å². The molecule has 1 unspecified atom stereocenters. The Balaban J connectivity index is 0.954. The highest BCUT2D eigenvalue weighted by Gasteiger charge is 2.48. The van der Waals surface area contributed by atoms with E-state index >= 15 is 0 Å². The van der Waals surface area contributed by atoms with Crippen LogP contribution in [-0.2, 0) is 18.3 Å². The molecule has 0 aliphatic heterocycles. The molecule has 0 N–H and O–H groups in total. The van der Waals surface area contributed by atoms with E-state index in [-0.39, 0.29) is 0 Å². The normalized spacial score (nSPS) is 13.0. The molecule has 0 saturated carbocycles. The molecule has 1 aromatic heterocycles. The molecule has 15 rings (SSSR count). The van der Waals surface area contributed by atoms with Crippen molar-refractivity contribution in [3.8, 4) is 22.3 Å². The van der Waals surface area contributed by atoms with E-state index < -0.39 is 5.41 Å². The quantitative estimate of drug-likeness (QED) is 0.118. The van der Waals surface area contributed by atoms with Crippen molar-refractivity contribution in [3.63, 3.8) is 0 Å². The lowest BCUT2D eigenvalue weighted by Crippen LogP contribution is -2.29. The predicted octanol–water partition coefficient (Wildman–Crippen LogP) is 21.3. The van der Waals surface area contributed by atoms with E-state index in [0.29, 0.717) is 5.92 Å². The third-order valence-electron chi connectivity index (χ3n) is 17.4. The molecule has 13 aromatic carbocycles. The second-order valence-electron chi connectivity index (χ2n) is 21.9. The lowest BCUT2D eigenvalue weighted by Gasteiger charge is -2.36. The number of anilines is 3. The number of aryl methyl sites for hydroxylation is 2. The smallest absolute Gasteiger partial charge is 0.0715 e. The molecular weight excluding hydrogens is 983 g/mol. The van der Waals surface area contributed by atoms with Crippen LogP contribution in [0.4, 0.5) is 17.1 Å². The molecule has 80 heavy (non-hydrogen) atoms. The van der Waals surface area contributed by atoms with E-state index in [1.807, 2.05) is 11.3 Å². The molecule has 380 valence electrons. The number of hydrogen-bond acceptors (Lipinski definition) is 2. The summed E-state index contributed by atoms with van der Waals surface area (Å²) < 4.78 is 2.72. The maximum Gasteiger partial charge on any atom is 0.0715 e. The van der Waals surface area contributed by atoms with Crippen LogP contribution in [0.15, 0.2) is 285 Å². The Morgan fingerprint density at radius 2 is 1.00 bits per heavy atom. The van der Waals surface area contributed by atoms with Crippen LogP contribution in [0.1, 0.15) is 56.8 Å². The lowest BCUT2D eigenvalue weighted by atomic mass is 9.66. The Morgan fingerprint density at radius 3 is 1.75 bits per heavy atom. The molecule has 1 heterocycles. The first-order valence-electron chi connectivity index (χ1n) is 28.2. The third-order valence-corrected chi connectivity index (χ3v) is 18.5. The van der Waals surface area contributed by atoms with Crippen molar-refractivity contribution in [3.05, 3.63) is 330 Å². The van der Waals surface area contributed by atoms with Crippen molar-refractivity contribution in [1.29, 1.82) is 0 Å². The fraction of sp³-hybridized carbons (Fsp3) is 0.0769. The molecule has 2 heteroatoms. The van der Waals surface area contributed by atoms with Gasteiger partial charge in [0.15, 0.2) is 0 Å². The summed E-state index contributed by atoms with van der Waals surface area (Å²) in [7, 11) is 0. The zero-order valence-electron chi connectivity index (χ0n) is 44.7. The van der Waals surface area contributed by atoms with E-state index in [2.05, 4.69) is 297 Å². The zero-order valence-corrected chi connectivity index (χ0v) is 45.5. The van der Waals surface area contributed by atoms with Crippen molar-refractivity contribution < 1.29 is 0 Å². The number of rotatable bonds is 12. The van der Waals surface area contributed by atoms with Crippen LogP contribution < -0.4 is 4.90 Å². The van der Waals surface area contributed by atoms with Crippen LogP contribution >= 0.6 is 11.3 Å². The zero-order chi connectivity index (χ0) is 53.2. The molecule has 14 aromatic rings. The molecule has 0 bridgehead atoms. The third kappa shape index (κ3) is 8.13. The van der Waals surface area contributed by atoms with Gasteiger partial charge in [0.2, 0.25) is 0 Å². The van der Waals surface area contributed by atoms with E-state index in [1.165, 1.54) is 119 Å². The number of nitrogens with zero attached hydrogens (tertiary/aromatic N) is 1. The Bertz CT molecular complexity index is 4580. The van der Waals surface area contributed by atoms with Gasteiger partial charge in [0.05, 0.1) is 5.41 Å². The van der Waals surface area contributed by atoms with Gasteiger partial charge in [-0.1, -0.05) is 224 Å². The first kappa shape index (κ1) is 47.8. The van der Waals surface area contributed by atoms with Crippen molar-refractivity contribution in [2.45, 2.75) is 37.5 Å². The Kier molecular flexibility index (Phi) is 11.9. The molecule has 0 saturated heterocycles. The summed E-state index contributed by atoms with van der Waals surface area (Å²) in [4.78, 5) is 2.45. The molecule has 0 fully saturated rings. The van der Waals surface area contributed by atoms with Crippen molar-refractivity contribution in [2.75, 3.05) is 4.90 Å². The average Bonchev–Trinajstić information content (AvgIpc) is 3.91. The van der Waals surface area contributed by atoms with Crippen LogP contribution in [-0.4, -0.2) is 0 Å². The number of hydrogen-bond donors (Lipinski definition) is 0. The SMILES string of the molecule is Cc1ccccc1C(CCc1cc2c(c3ccccc13)-c1ccc(N(c3ccccc3)c3cccc(-c4ccccc4)c3)cc1C2(c1ccc2ccccc2c1)c1ccc2ccccc2c1)Cc1ccc2c(c1)sc1ccccc12. The van der Waals surface area contributed by atoms with Gasteiger partial charge >= 0.3 is 0 Å². The summed E-state index contributed by atoms with van der Waals surface area (Å²) in [6.45, 7) is 2.30. The summed E-state index contributed by atoms with van der Waals surface area (Å²) >= 11 is 1.91. The van der Waals surface area contributed by atoms with E-state index in [0.717, 1.165) is 36.3 Å². The molecule has 0 radical (unpaired) electrons. The van der Waals surface area contributed by atoms with Crippen molar-refractivity contribution >= 4 is 80.9 Å². The molecule has 0 spiro atoms. The highest BCUT2D eigenvalue weighted by molar-refractivity contribution is 7.25. The van der Waals surface area contributed by atoms with Crippen LogP contribution in [0.25, 0.3) is 74.7 Å². The highest BCUT2D eigenvalue weighted by Crippen LogP contribution is 2.60. The fourth-order valence-corrected chi connectivity index (χ4v) is 14.8. The standard InChI is InChI=1S/C78H57NS/c1-52-19-8-13-30-67(52)60(45-53-35-43-70-69-32-16-17-34-75(69)80-76(70)46-53)36-37-61-50-74-77(71-33-15-14-31-68(61)71)72-44-42-66(79(64-27-6-3-7-28-64)65-29-18-26-59(49-65)54-20-4-2-5-21-54)51-73(72)78(74,62-40-38-55-22-9-11-24-57(55)47-62)63-41-39-56-23-10-12-25-58(56)48-63/h2-35,38-44,46-51,60H,36-37,45H2,1H3. The van der Waals surface area contributed by atoms with Gasteiger partial charge in [-0.15, -0.1) is 11.3 Å². The minimum absolute atomic E-state index is 0.310. The average molecular weight is 1040 g/mol. The highest BCUT2D eigenvalue weighted by atomic mass is 32.1. The summed E-state index contributed by atoms with van der Waals surface area (Å²) in [5.74, 6) is 0.310. The van der Waals surface area contributed by atoms with E-state index in [9.17, 15) is 0 Å². The lowest BCUT2D eigenvalue weighted by molar-refractivity contribution is 0.619. The summed E-state index contributed by atoms with van der Waals surface area (Å²) in [6, 6.07) is 107. The van der Waals surface area contributed by atoms with Gasteiger partial charge in [-0.3, -0.25) is 0 Å². The molecule has 1 nitrogen and oxygen atoms in total. The summed E-state index contributed by atoms with van der Waals surface area (Å²) in [5, 5.41) is 10.3. The van der Waals surface area contributed by atoms with Gasteiger partial charge in [-0.25, -0.2) is 0 Å². The van der Waals surface area contributed by atoms with Gasteiger partial charge in [-0.2, -0.15) is 0 Å². The Morgan fingerprint density at radius 1 is 0.400 bits per heavy atom. The van der Waals surface area contributed by atoms with E-state index in [1.54, 1.807) is 0 Å². The molecule has 1 aliphatic rings. The Labute approximate surface area is 472 Å². The first-order valence-corrected chi connectivity index (χ1v) is 29.0. The van der Waals surface area contributed by atoms with Gasteiger partial charge in [0.1, 0.15) is 0 Å². The number of fused-ring (bicyclic) bond motifs is 10. The number of para-hydroxylation sites is 1. The number of benzene rings is 13. The summed E-state index contributed by atoms with van der Waals surface area (Å²) in [6.07, 6.45) is 2.89. The molecular formula is C78H57NS. The molecule has 1 aliphatic carbocycles. The van der Waals surface area contributed by atoms with Gasteiger partial charge in [0.25, 0.3) is 0 Å². The maximum absolute atomic E-state index is 2.65. The predicted molar refractivity (Wildman–Crippen MR) is 342 cm³/mol. The second kappa shape index (κ2) is 19.8. The largest absolute Gasteiger partial charge is 0.310 e. The van der Waals surface area contributed by atoms with Crippen LogP contribution in [0.5, 0.6) is 0 Å². The second-order valence-corrected chi connectivity index (χ2v) is 23.0. The van der Waals surface area contributed by atoms with Gasteiger partial charge < -0.3 is 4.90 Å². The number of thiophene rings is 1. The fourth-order valence-electron chi connectivity index (χ4n) is 13.6. The van der Waals surface area contributed by atoms with Crippen molar-refractivity contribution in [2.24, 2.45) is 0 Å². The van der Waals surface area contributed by atoms with Gasteiger partial charge in [0, 0.05) is 37.2 Å². The topological polar surface area (TPSA) is 3.24 Å². The van der Waals surface area contributed by atoms with Gasteiger partial charge in [-0.05, 0) is 192 Å². The summed E-state index contributed by atoms with van der Waals surface area (Å²) in [5.41, 5.74) is 18.3. The van der Waals surface area contributed by atoms with E-state index in [4.69, 9.17) is 0 Å². The van der Waals surface area contributed by atoms with Crippen molar-refractivity contribution in [1.82, 2.24) is 0 Å². The minimum Gasteiger partial charge on any atom is -0.310 e. The van der Waals surface area contributed by atoms with Crippen LogP contribution in [0.2, 0.25) is 0 Å².